The summed E-state index contributed by atoms with van der Waals surface area (Å²) in [6.45, 7) is 3.49. The lowest BCUT2D eigenvalue weighted by Crippen LogP contribution is -1.98. The molecule has 0 amide bonds. The Morgan fingerprint density at radius 2 is 1.90 bits per heavy atom. The predicted octanol–water partition coefficient (Wildman–Crippen LogP) is 3.70. The van der Waals surface area contributed by atoms with Crippen molar-refractivity contribution in [2.24, 2.45) is 0 Å². The molecule has 0 radical (unpaired) electrons. The van der Waals surface area contributed by atoms with E-state index in [4.69, 9.17) is 9.84 Å². The maximum absolute atomic E-state index is 11.0. The highest BCUT2D eigenvalue weighted by atomic mass is 16.6. The van der Waals surface area contributed by atoms with Crippen LogP contribution in [0.5, 0.6) is 11.5 Å². The summed E-state index contributed by atoms with van der Waals surface area (Å²) in [5, 5.41) is 19.8. The smallest absolute Gasteiger partial charge is 0.335 e. The van der Waals surface area contributed by atoms with E-state index in [-0.39, 0.29) is 11.3 Å². The van der Waals surface area contributed by atoms with E-state index in [1.54, 1.807) is 26.0 Å². The second-order valence-corrected chi connectivity index (χ2v) is 4.65. The summed E-state index contributed by atoms with van der Waals surface area (Å²) >= 11 is 0. The molecule has 0 aliphatic carbocycles. The SMILES string of the molecule is Cc1cc(Oc2cc(C(=O)O)ccc2C)cc([N+](=O)[O-])c1. The normalized spacial score (nSPS) is 10.2. The zero-order valence-corrected chi connectivity index (χ0v) is 11.5. The quantitative estimate of drug-likeness (QED) is 0.684. The van der Waals surface area contributed by atoms with E-state index < -0.39 is 10.9 Å². The zero-order valence-electron chi connectivity index (χ0n) is 11.5. The molecule has 6 heteroatoms. The number of nitrogens with zero attached hydrogens (tertiary/aromatic N) is 1. The topological polar surface area (TPSA) is 89.7 Å². The molecular formula is C15H13NO5. The number of aryl methyl sites for hydroxylation is 2. The zero-order chi connectivity index (χ0) is 15.6. The fourth-order valence-corrected chi connectivity index (χ4v) is 1.86. The number of nitro groups is 1. The van der Waals surface area contributed by atoms with E-state index in [2.05, 4.69) is 0 Å². The van der Waals surface area contributed by atoms with Crippen LogP contribution in [0.15, 0.2) is 36.4 Å². The number of aromatic carboxylic acids is 1. The Balaban J connectivity index is 2.40. The average molecular weight is 287 g/mol. The summed E-state index contributed by atoms with van der Waals surface area (Å²) in [5.41, 5.74) is 1.45. The van der Waals surface area contributed by atoms with E-state index in [9.17, 15) is 14.9 Å². The van der Waals surface area contributed by atoms with Gasteiger partial charge in [-0.1, -0.05) is 6.07 Å². The number of ether oxygens (including phenoxy) is 1. The molecule has 108 valence electrons. The third kappa shape index (κ3) is 3.36. The molecule has 0 atom stereocenters. The Morgan fingerprint density at radius 3 is 2.52 bits per heavy atom. The van der Waals surface area contributed by atoms with Crippen molar-refractivity contribution < 1.29 is 19.6 Å². The van der Waals surface area contributed by atoms with Crippen LogP contribution in [-0.4, -0.2) is 16.0 Å². The van der Waals surface area contributed by atoms with Crippen LogP contribution >= 0.6 is 0 Å². The fourth-order valence-electron chi connectivity index (χ4n) is 1.86. The van der Waals surface area contributed by atoms with Gasteiger partial charge >= 0.3 is 5.97 Å². The van der Waals surface area contributed by atoms with Crippen LogP contribution in [0.3, 0.4) is 0 Å². The molecule has 0 saturated heterocycles. The lowest BCUT2D eigenvalue weighted by atomic mass is 10.1. The summed E-state index contributed by atoms with van der Waals surface area (Å²) in [6.07, 6.45) is 0. The van der Waals surface area contributed by atoms with Crippen LogP contribution in [0.4, 0.5) is 5.69 Å². The first-order valence-electron chi connectivity index (χ1n) is 6.14. The number of benzene rings is 2. The van der Waals surface area contributed by atoms with E-state index in [1.807, 2.05) is 0 Å². The molecule has 0 bridgehead atoms. The second kappa shape index (κ2) is 5.62. The first kappa shape index (κ1) is 14.5. The minimum Gasteiger partial charge on any atom is -0.478 e. The molecule has 1 N–H and O–H groups in total. The molecule has 0 aliphatic rings. The molecule has 0 saturated carbocycles. The van der Waals surface area contributed by atoms with Crippen LogP contribution in [-0.2, 0) is 0 Å². The summed E-state index contributed by atoms with van der Waals surface area (Å²) in [4.78, 5) is 21.3. The summed E-state index contributed by atoms with van der Waals surface area (Å²) < 4.78 is 5.60. The van der Waals surface area contributed by atoms with Crippen LogP contribution in [0.1, 0.15) is 21.5 Å². The molecule has 0 spiro atoms. The van der Waals surface area contributed by atoms with Crippen LogP contribution in [0.25, 0.3) is 0 Å². The molecular weight excluding hydrogens is 274 g/mol. The van der Waals surface area contributed by atoms with Gasteiger partial charge < -0.3 is 9.84 Å². The highest BCUT2D eigenvalue weighted by Crippen LogP contribution is 2.29. The Kier molecular flexibility index (Phi) is 3.89. The van der Waals surface area contributed by atoms with Crippen molar-refractivity contribution in [3.05, 3.63) is 63.2 Å². The van der Waals surface area contributed by atoms with E-state index in [0.717, 1.165) is 5.56 Å². The minimum absolute atomic E-state index is 0.0722. The predicted molar refractivity (Wildman–Crippen MR) is 76.0 cm³/mol. The Hall–Kier alpha value is -2.89. The van der Waals surface area contributed by atoms with E-state index >= 15 is 0 Å². The van der Waals surface area contributed by atoms with Crippen molar-refractivity contribution in [2.45, 2.75) is 13.8 Å². The molecule has 0 aromatic heterocycles. The van der Waals surface area contributed by atoms with Crippen LogP contribution in [0.2, 0.25) is 0 Å². The lowest BCUT2D eigenvalue weighted by Gasteiger charge is -2.10. The molecule has 6 nitrogen and oxygen atoms in total. The minimum atomic E-state index is -1.06. The van der Waals surface area contributed by atoms with Crippen molar-refractivity contribution in [1.82, 2.24) is 0 Å². The van der Waals surface area contributed by atoms with Crippen molar-refractivity contribution in [1.29, 1.82) is 0 Å². The van der Waals surface area contributed by atoms with Gasteiger partial charge in [0.25, 0.3) is 5.69 Å². The second-order valence-electron chi connectivity index (χ2n) is 4.65. The maximum Gasteiger partial charge on any atom is 0.335 e. The molecule has 2 aromatic carbocycles. The van der Waals surface area contributed by atoms with Crippen molar-refractivity contribution in [3.8, 4) is 11.5 Å². The fraction of sp³-hybridized carbons (Fsp3) is 0.133. The van der Waals surface area contributed by atoms with Gasteiger partial charge in [-0.25, -0.2) is 4.79 Å². The largest absolute Gasteiger partial charge is 0.478 e. The van der Waals surface area contributed by atoms with Crippen molar-refractivity contribution in [3.63, 3.8) is 0 Å². The van der Waals surface area contributed by atoms with Gasteiger partial charge in [0.15, 0.2) is 0 Å². The number of nitro benzene ring substituents is 1. The molecule has 0 heterocycles. The average Bonchev–Trinajstić information content (AvgIpc) is 2.40. The van der Waals surface area contributed by atoms with Gasteiger partial charge in [0.1, 0.15) is 11.5 Å². The Bertz CT molecular complexity index is 724. The molecule has 2 rings (SSSR count). The first-order chi connectivity index (χ1) is 9.86. The Morgan fingerprint density at radius 1 is 1.19 bits per heavy atom. The van der Waals surface area contributed by atoms with Gasteiger partial charge in [-0.3, -0.25) is 10.1 Å². The summed E-state index contributed by atoms with van der Waals surface area (Å²) in [7, 11) is 0. The third-order valence-corrected chi connectivity index (χ3v) is 2.91. The van der Waals surface area contributed by atoms with Crippen molar-refractivity contribution >= 4 is 11.7 Å². The monoisotopic (exact) mass is 287 g/mol. The lowest BCUT2D eigenvalue weighted by molar-refractivity contribution is -0.385. The number of hydrogen-bond donors (Lipinski definition) is 1. The number of carboxylic acids is 1. The third-order valence-electron chi connectivity index (χ3n) is 2.91. The number of carbonyl (C=O) groups is 1. The number of carboxylic acid groups (broad SMARTS) is 1. The van der Waals surface area contributed by atoms with Crippen LogP contribution < -0.4 is 4.74 Å². The highest BCUT2D eigenvalue weighted by Gasteiger charge is 2.12. The van der Waals surface area contributed by atoms with Gasteiger partial charge in [-0.15, -0.1) is 0 Å². The Labute approximate surface area is 120 Å². The summed E-state index contributed by atoms with van der Waals surface area (Å²) in [6, 6.07) is 8.89. The van der Waals surface area contributed by atoms with Gasteiger partial charge in [0.2, 0.25) is 0 Å². The van der Waals surface area contributed by atoms with Crippen LogP contribution in [0, 0.1) is 24.0 Å². The number of non-ortho nitro benzene ring substituents is 1. The molecule has 0 fully saturated rings. The van der Waals surface area contributed by atoms with Crippen molar-refractivity contribution in [2.75, 3.05) is 0 Å². The van der Waals surface area contributed by atoms with E-state index in [1.165, 1.54) is 24.3 Å². The first-order valence-corrected chi connectivity index (χ1v) is 6.14. The van der Waals surface area contributed by atoms with Gasteiger partial charge in [0, 0.05) is 6.07 Å². The molecule has 0 aliphatic heterocycles. The number of hydrogen-bond acceptors (Lipinski definition) is 4. The van der Waals surface area contributed by atoms with Gasteiger partial charge in [-0.2, -0.15) is 0 Å². The molecule has 21 heavy (non-hydrogen) atoms. The van der Waals surface area contributed by atoms with Gasteiger partial charge in [-0.05, 0) is 43.2 Å². The molecule has 0 unspecified atom stereocenters. The summed E-state index contributed by atoms with van der Waals surface area (Å²) in [5.74, 6) is -0.405. The highest BCUT2D eigenvalue weighted by molar-refractivity contribution is 5.88. The standard InChI is InChI=1S/C15H13NO5/c1-9-5-12(16(19)20)8-13(6-9)21-14-7-11(15(17)18)4-3-10(14)2/h3-8H,1-2H3,(H,17,18). The van der Waals surface area contributed by atoms with Gasteiger partial charge in [0.05, 0.1) is 16.6 Å². The number of rotatable bonds is 4. The molecule has 2 aromatic rings. The van der Waals surface area contributed by atoms with E-state index in [0.29, 0.717) is 17.1 Å². The maximum atomic E-state index is 11.0.